The maximum absolute atomic E-state index is 12.3. The Bertz CT molecular complexity index is 755. The number of para-hydroxylation sites is 1. The molecule has 0 aliphatic rings. The van der Waals surface area contributed by atoms with E-state index in [2.05, 4.69) is 24.5 Å². The maximum Gasteiger partial charge on any atom is 0.248 e. The molecule has 25 heavy (non-hydrogen) atoms. The Balaban J connectivity index is 2.07. The summed E-state index contributed by atoms with van der Waals surface area (Å²) < 4.78 is 0. The van der Waals surface area contributed by atoms with Gasteiger partial charge in [-0.2, -0.15) is 0 Å². The molecule has 2 amide bonds. The summed E-state index contributed by atoms with van der Waals surface area (Å²) in [7, 11) is 0. The zero-order chi connectivity index (χ0) is 18.2. The molecule has 0 saturated carbocycles. The third-order valence-corrected chi connectivity index (χ3v) is 3.91. The van der Waals surface area contributed by atoms with Crippen molar-refractivity contribution in [3.8, 4) is 0 Å². The van der Waals surface area contributed by atoms with Crippen LogP contribution in [-0.2, 0) is 22.4 Å². The number of carbonyl (C=O) groups is 2. The van der Waals surface area contributed by atoms with Crippen LogP contribution in [0.25, 0.3) is 6.08 Å². The molecule has 0 aliphatic carbocycles. The molecule has 0 atom stereocenters. The molecule has 2 rings (SSSR count). The second kappa shape index (κ2) is 8.83. The van der Waals surface area contributed by atoms with Gasteiger partial charge in [0.05, 0.1) is 0 Å². The summed E-state index contributed by atoms with van der Waals surface area (Å²) in [5.41, 5.74) is 4.83. The van der Waals surface area contributed by atoms with Crippen LogP contribution in [0, 0.1) is 0 Å². The van der Waals surface area contributed by atoms with Crippen molar-refractivity contribution >= 4 is 29.3 Å². The Morgan fingerprint density at radius 1 is 0.920 bits per heavy atom. The fourth-order valence-electron chi connectivity index (χ4n) is 2.62. The van der Waals surface area contributed by atoms with E-state index in [1.165, 1.54) is 13.0 Å². The molecule has 2 N–H and O–H groups in total. The molecule has 0 aromatic heterocycles. The van der Waals surface area contributed by atoms with Gasteiger partial charge < -0.3 is 10.6 Å². The Hall–Kier alpha value is -2.88. The second-order valence-electron chi connectivity index (χ2n) is 5.78. The Labute approximate surface area is 149 Å². The van der Waals surface area contributed by atoms with Crippen molar-refractivity contribution < 1.29 is 9.59 Å². The van der Waals surface area contributed by atoms with Crippen LogP contribution in [0.5, 0.6) is 0 Å². The smallest absolute Gasteiger partial charge is 0.248 e. The van der Waals surface area contributed by atoms with Crippen molar-refractivity contribution in [1.82, 2.24) is 0 Å². The highest BCUT2D eigenvalue weighted by Crippen LogP contribution is 2.22. The highest BCUT2D eigenvalue weighted by Gasteiger charge is 2.08. The number of amides is 2. The van der Waals surface area contributed by atoms with E-state index in [1.54, 1.807) is 18.2 Å². The molecule has 0 bridgehead atoms. The van der Waals surface area contributed by atoms with E-state index in [-0.39, 0.29) is 11.8 Å². The topological polar surface area (TPSA) is 58.2 Å². The van der Waals surface area contributed by atoms with Crippen LogP contribution in [0.15, 0.2) is 48.5 Å². The molecule has 0 radical (unpaired) electrons. The molecule has 0 saturated heterocycles. The molecule has 130 valence electrons. The first kappa shape index (κ1) is 18.5. The van der Waals surface area contributed by atoms with Gasteiger partial charge in [-0.25, -0.2) is 0 Å². The van der Waals surface area contributed by atoms with Crippen molar-refractivity contribution in [1.29, 1.82) is 0 Å². The quantitative estimate of drug-likeness (QED) is 0.767. The summed E-state index contributed by atoms with van der Waals surface area (Å²) in [6.45, 7) is 5.63. The molecule has 2 aromatic carbocycles. The number of aryl methyl sites for hydroxylation is 2. The van der Waals surface area contributed by atoms with Gasteiger partial charge in [0.25, 0.3) is 0 Å². The fourth-order valence-corrected chi connectivity index (χ4v) is 2.62. The normalized spacial score (nSPS) is 10.7. The number of hydrogen-bond donors (Lipinski definition) is 2. The third-order valence-electron chi connectivity index (χ3n) is 3.91. The van der Waals surface area contributed by atoms with Gasteiger partial charge in [-0.05, 0) is 47.7 Å². The number of carbonyl (C=O) groups excluding carboxylic acids is 2. The first-order valence-corrected chi connectivity index (χ1v) is 8.51. The lowest BCUT2D eigenvalue weighted by atomic mass is 10.0. The highest BCUT2D eigenvalue weighted by molar-refractivity contribution is 6.02. The zero-order valence-electron chi connectivity index (χ0n) is 14.9. The summed E-state index contributed by atoms with van der Waals surface area (Å²) in [6, 6.07) is 13.4. The minimum Gasteiger partial charge on any atom is -0.326 e. The molecule has 0 fully saturated rings. The summed E-state index contributed by atoms with van der Waals surface area (Å²) in [4.78, 5) is 23.3. The van der Waals surface area contributed by atoms with Gasteiger partial charge in [-0.3, -0.25) is 9.59 Å². The average Bonchev–Trinajstić information content (AvgIpc) is 2.60. The van der Waals surface area contributed by atoms with Crippen LogP contribution in [0.3, 0.4) is 0 Å². The SMILES string of the molecule is CCc1cccc(CC)c1NC(=O)/C=C/c1ccc(NC(C)=O)cc1. The average molecular weight is 336 g/mol. The van der Waals surface area contributed by atoms with E-state index in [4.69, 9.17) is 0 Å². The van der Waals surface area contributed by atoms with E-state index in [0.29, 0.717) is 0 Å². The highest BCUT2D eigenvalue weighted by atomic mass is 16.2. The molecule has 2 aromatic rings. The van der Waals surface area contributed by atoms with Gasteiger partial charge in [0.15, 0.2) is 0 Å². The first-order valence-electron chi connectivity index (χ1n) is 8.51. The molecule has 0 unspecified atom stereocenters. The van der Waals surface area contributed by atoms with E-state index in [9.17, 15) is 9.59 Å². The molecule has 4 nitrogen and oxygen atoms in total. The van der Waals surface area contributed by atoms with Crippen molar-refractivity contribution in [2.75, 3.05) is 10.6 Å². The maximum atomic E-state index is 12.3. The molecule has 4 heteroatoms. The third kappa shape index (κ3) is 5.31. The van der Waals surface area contributed by atoms with Crippen LogP contribution in [0.4, 0.5) is 11.4 Å². The van der Waals surface area contributed by atoms with Gasteiger partial charge >= 0.3 is 0 Å². The van der Waals surface area contributed by atoms with Crippen LogP contribution in [0.2, 0.25) is 0 Å². The van der Waals surface area contributed by atoms with Gasteiger partial charge in [0, 0.05) is 24.4 Å². The first-order chi connectivity index (χ1) is 12.0. The molecule has 0 heterocycles. The molecule has 0 aliphatic heterocycles. The number of anilines is 2. The van der Waals surface area contributed by atoms with Crippen LogP contribution < -0.4 is 10.6 Å². The number of hydrogen-bond acceptors (Lipinski definition) is 2. The summed E-state index contributed by atoms with van der Waals surface area (Å²) >= 11 is 0. The number of nitrogens with one attached hydrogen (secondary N) is 2. The van der Waals surface area contributed by atoms with Gasteiger partial charge in [-0.1, -0.05) is 44.2 Å². The minimum absolute atomic E-state index is 0.107. The Morgan fingerprint density at radius 3 is 2.04 bits per heavy atom. The number of rotatable bonds is 6. The van der Waals surface area contributed by atoms with Crippen LogP contribution >= 0.6 is 0 Å². The minimum atomic E-state index is -0.151. The van der Waals surface area contributed by atoms with E-state index < -0.39 is 0 Å². The largest absolute Gasteiger partial charge is 0.326 e. The standard InChI is InChI=1S/C21H24N2O2/c1-4-17-7-6-8-18(5-2)21(17)23-20(25)14-11-16-9-12-19(13-10-16)22-15(3)24/h6-14H,4-5H2,1-3H3,(H,22,24)(H,23,25)/b14-11+. The lowest BCUT2D eigenvalue weighted by Gasteiger charge is -2.13. The van der Waals surface area contributed by atoms with Gasteiger partial charge in [0.2, 0.25) is 11.8 Å². The Morgan fingerprint density at radius 2 is 1.52 bits per heavy atom. The molecular formula is C21H24N2O2. The predicted octanol–water partition coefficient (Wildman–Crippen LogP) is 4.42. The monoisotopic (exact) mass is 336 g/mol. The number of benzene rings is 2. The summed E-state index contributed by atoms with van der Waals surface area (Å²) in [5, 5.41) is 5.72. The van der Waals surface area contributed by atoms with Gasteiger partial charge in [-0.15, -0.1) is 0 Å². The van der Waals surface area contributed by atoms with E-state index in [1.807, 2.05) is 30.3 Å². The van der Waals surface area contributed by atoms with Crippen molar-refractivity contribution in [2.45, 2.75) is 33.6 Å². The fraction of sp³-hybridized carbons (Fsp3) is 0.238. The van der Waals surface area contributed by atoms with Gasteiger partial charge in [0.1, 0.15) is 0 Å². The van der Waals surface area contributed by atoms with Crippen molar-refractivity contribution in [2.24, 2.45) is 0 Å². The molecule has 0 spiro atoms. The van der Waals surface area contributed by atoms with E-state index in [0.717, 1.165) is 40.9 Å². The zero-order valence-corrected chi connectivity index (χ0v) is 14.9. The molecular weight excluding hydrogens is 312 g/mol. The van der Waals surface area contributed by atoms with Crippen molar-refractivity contribution in [3.63, 3.8) is 0 Å². The van der Waals surface area contributed by atoms with Crippen molar-refractivity contribution in [3.05, 3.63) is 65.2 Å². The van der Waals surface area contributed by atoms with Crippen LogP contribution in [-0.4, -0.2) is 11.8 Å². The Kier molecular flexibility index (Phi) is 6.52. The van der Waals surface area contributed by atoms with E-state index >= 15 is 0 Å². The van der Waals surface area contributed by atoms with Crippen LogP contribution in [0.1, 0.15) is 37.5 Å². The lowest BCUT2D eigenvalue weighted by Crippen LogP contribution is -2.11. The second-order valence-corrected chi connectivity index (χ2v) is 5.78. The lowest BCUT2D eigenvalue weighted by molar-refractivity contribution is -0.114. The summed E-state index contributed by atoms with van der Waals surface area (Å²) in [5.74, 6) is -0.259. The summed E-state index contributed by atoms with van der Waals surface area (Å²) in [6.07, 6.45) is 5.03. The predicted molar refractivity (Wildman–Crippen MR) is 104 cm³/mol.